The number of carbonyl (C=O) groups is 1. The number of rotatable bonds is 8. The molecule has 0 aliphatic rings. The van der Waals surface area contributed by atoms with Gasteiger partial charge in [0.2, 0.25) is 5.91 Å². The summed E-state index contributed by atoms with van der Waals surface area (Å²) in [6.07, 6.45) is 0. The summed E-state index contributed by atoms with van der Waals surface area (Å²) in [5.41, 5.74) is 1.42. The van der Waals surface area contributed by atoms with Crippen molar-refractivity contribution in [2.45, 2.75) is 4.90 Å². The Kier molecular flexibility index (Phi) is 6.81. The zero-order valence-corrected chi connectivity index (χ0v) is 20.9. The Bertz CT molecular complexity index is 1540. The maximum Gasteiger partial charge on any atom is 0.307 e. The largest absolute Gasteiger partial charge is 0.497 e. The summed E-state index contributed by atoms with van der Waals surface area (Å²) in [6, 6.07) is 17.5. The summed E-state index contributed by atoms with van der Waals surface area (Å²) >= 11 is 1.06. The molecule has 1 heterocycles. The number of hydrogen-bond acceptors (Lipinski definition) is 7. The lowest BCUT2D eigenvalue weighted by Gasteiger charge is -2.25. The Balaban J connectivity index is 1.68. The zero-order chi connectivity index (χ0) is 25.2. The number of anilines is 2. The molecule has 1 amide bonds. The fraction of sp³-hybridized carbons (Fsp3) is 0.167. The standard InChI is InChI=1S/C24H23N3O6S2/c1-26-20-13-8-16(14-22(20)34-24(26)29)25-23(28)15-27(19-6-4-5-7-21(19)33-3)35(30,31)18-11-9-17(32-2)10-12-18/h4-14H,15H2,1-3H3,(H,25,28). The summed E-state index contributed by atoms with van der Waals surface area (Å²) in [5.74, 6) is 0.243. The van der Waals surface area contributed by atoms with Crippen molar-refractivity contribution < 1.29 is 22.7 Å². The number of ether oxygens (including phenoxy) is 2. The van der Waals surface area contributed by atoms with Gasteiger partial charge in [-0.25, -0.2) is 8.42 Å². The molecule has 0 spiro atoms. The van der Waals surface area contributed by atoms with Crippen LogP contribution < -0.4 is 24.0 Å². The number of fused-ring (bicyclic) bond motifs is 1. The average Bonchev–Trinajstić information content (AvgIpc) is 3.15. The van der Waals surface area contributed by atoms with Crippen molar-refractivity contribution in [1.82, 2.24) is 4.57 Å². The number of para-hydroxylation sites is 2. The first-order chi connectivity index (χ1) is 16.7. The van der Waals surface area contributed by atoms with Crippen molar-refractivity contribution in [2.75, 3.05) is 30.4 Å². The number of benzene rings is 3. The van der Waals surface area contributed by atoms with E-state index in [0.717, 1.165) is 21.2 Å². The molecule has 11 heteroatoms. The highest BCUT2D eigenvalue weighted by Gasteiger charge is 2.29. The SMILES string of the molecule is COc1ccc(S(=O)(=O)N(CC(=O)Nc2ccc3c(c2)sc(=O)n3C)c2ccccc2OC)cc1. The van der Waals surface area contributed by atoms with Gasteiger partial charge in [-0.2, -0.15) is 0 Å². The molecule has 1 N–H and O–H groups in total. The minimum atomic E-state index is -4.14. The van der Waals surface area contributed by atoms with Crippen LogP contribution in [-0.2, 0) is 21.9 Å². The Morgan fingerprint density at radius 1 is 1.03 bits per heavy atom. The average molecular weight is 514 g/mol. The van der Waals surface area contributed by atoms with Crippen LogP contribution in [0.5, 0.6) is 11.5 Å². The number of nitrogens with one attached hydrogen (secondary N) is 1. The van der Waals surface area contributed by atoms with Gasteiger partial charge in [-0.3, -0.25) is 13.9 Å². The molecule has 0 aliphatic heterocycles. The van der Waals surface area contributed by atoms with Gasteiger partial charge in [0.15, 0.2) is 0 Å². The summed E-state index contributed by atoms with van der Waals surface area (Å²) in [7, 11) is 0.448. The molecule has 0 atom stereocenters. The monoisotopic (exact) mass is 513 g/mol. The predicted octanol–water partition coefficient (Wildman–Crippen LogP) is 3.45. The number of hydrogen-bond donors (Lipinski definition) is 1. The highest BCUT2D eigenvalue weighted by Crippen LogP contribution is 2.32. The molecule has 0 bridgehead atoms. The van der Waals surface area contributed by atoms with E-state index in [1.165, 1.54) is 43.1 Å². The summed E-state index contributed by atoms with van der Waals surface area (Å²) in [5, 5.41) is 2.73. The molecule has 182 valence electrons. The van der Waals surface area contributed by atoms with Crippen LogP contribution in [0.1, 0.15) is 0 Å². The predicted molar refractivity (Wildman–Crippen MR) is 136 cm³/mol. The summed E-state index contributed by atoms with van der Waals surface area (Å²) < 4.78 is 41.0. The number of aromatic nitrogens is 1. The Hall–Kier alpha value is -3.83. The minimum Gasteiger partial charge on any atom is -0.497 e. The Morgan fingerprint density at radius 2 is 1.74 bits per heavy atom. The Morgan fingerprint density at radius 3 is 2.43 bits per heavy atom. The van der Waals surface area contributed by atoms with E-state index in [2.05, 4.69) is 5.32 Å². The van der Waals surface area contributed by atoms with Gasteiger partial charge in [-0.15, -0.1) is 0 Å². The van der Waals surface area contributed by atoms with E-state index in [1.807, 2.05) is 0 Å². The first-order valence-electron chi connectivity index (χ1n) is 10.4. The third-order valence-corrected chi connectivity index (χ3v) is 8.13. The van der Waals surface area contributed by atoms with E-state index in [-0.39, 0.29) is 15.5 Å². The number of aryl methyl sites for hydroxylation is 1. The van der Waals surface area contributed by atoms with Crippen molar-refractivity contribution in [3.63, 3.8) is 0 Å². The zero-order valence-electron chi connectivity index (χ0n) is 19.2. The van der Waals surface area contributed by atoms with E-state index in [0.29, 0.717) is 21.9 Å². The van der Waals surface area contributed by atoms with Crippen molar-refractivity contribution in [3.05, 3.63) is 76.4 Å². The van der Waals surface area contributed by atoms with Crippen molar-refractivity contribution >= 4 is 48.9 Å². The normalized spacial score (nSPS) is 11.3. The molecule has 0 saturated heterocycles. The number of nitrogens with zero attached hydrogens (tertiary/aromatic N) is 2. The third kappa shape index (κ3) is 4.86. The van der Waals surface area contributed by atoms with Crippen LogP contribution in [0, 0.1) is 0 Å². The molecule has 1 aromatic heterocycles. The topological polar surface area (TPSA) is 107 Å². The van der Waals surface area contributed by atoms with Gasteiger partial charge in [0.05, 0.1) is 35.0 Å². The fourth-order valence-corrected chi connectivity index (χ4v) is 5.90. The summed E-state index contributed by atoms with van der Waals surface area (Å²) in [6.45, 7) is -0.502. The highest BCUT2D eigenvalue weighted by atomic mass is 32.2. The van der Waals surface area contributed by atoms with Crippen molar-refractivity contribution in [2.24, 2.45) is 7.05 Å². The lowest BCUT2D eigenvalue weighted by atomic mass is 10.2. The molecule has 4 aromatic rings. The maximum absolute atomic E-state index is 13.6. The van der Waals surface area contributed by atoms with E-state index in [9.17, 15) is 18.0 Å². The van der Waals surface area contributed by atoms with Gasteiger partial charge in [0, 0.05) is 12.7 Å². The van der Waals surface area contributed by atoms with Gasteiger partial charge < -0.3 is 19.4 Å². The lowest BCUT2D eigenvalue weighted by Crippen LogP contribution is -2.38. The van der Waals surface area contributed by atoms with Crippen LogP contribution in [-0.4, -0.2) is 39.7 Å². The quantitative estimate of drug-likeness (QED) is 0.387. The Labute approximate surface area is 206 Å². The van der Waals surface area contributed by atoms with Crippen LogP contribution in [0.25, 0.3) is 10.2 Å². The molecule has 9 nitrogen and oxygen atoms in total. The van der Waals surface area contributed by atoms with E-state index >= 15 is 0 Å². The van der Waals surface area contributed by atoms with Crippen LogP contribution >= 0.6 is 11.3 Å². The van der Waals surface area contributed by atoms with Crippen molar-refractivity contribution in [3.8, 4) is 11.5 Å². The molecule has 3 aromatic carbocycles. The van der Waals surface area contributed by atoms with Gasteiger partial charge in [-0.1, -0.05) is 23.5 Å². The second-order valence-corrected chi connectivity index (χ2v) is 10.4. The lowest BCUT2D eigenvalue weighted by molar-refractivity contribution is -0.114. The number of methoxy groups -OCH3 is 2. The second kappa shape index (κ2) is 9.80. The number of sulfonamides is 1. The molecular formula is C24H23N3O6S2. The second-order valence-electron chi connectivity index (χ2n) is 7.52. The molecule has 0 fully saturated rings. The molecular weight excluding hydrogens is 490 g/mol. The van der Waals surface area contributed by atoms with Gasteiger partial charge in [0.25, 0.3) is 10.0 Å². The van der Waals surface area contributed by atoms with Crippen LogP contribution in [0.3, 0.4) is 0 Å². The fourth-order valence-electron chi connectivity index (χ4n) is 3.55. The van der Waals surface area contributed by atoms with Gasteiger partial charge in [-0.05, 0) is 54.6 Å². The van der Waals surface area contributed by atoms with E-state index < -0.39 is 22.5 Å². The molecule has 4 rings (SSSR count). The molecule has 0 unspecified atom stereocenters. The smallest absolute Gasteiger partial charge is 0.307 e. The third-order valence-electron chi connectivity index (χ3n) is 5.36. The first kappa shape index (κ1) is 24.3. The van der Waals surface area contributed by atoms with Crippen LogP contribution in [0.15, 0.2) is 76.4 Å². The highest BCUT2D eigenvalue weighted by molar-refractivity contribution is 7.92. The molecule has 0 radical (unpaired) electrons. The van der Waals surface area contributed by atoms with Crippen LogP contribution in [0.4, 0.5) is 11.4 Å². The van der Waals surface area contributed by atoms with Gasteiger partial charge >= 0.3 is 4.87 Å². The number of thiazole rings is 1. The maximum atomic E-state index is 13.6. The van der Waals surface area contributed by atoms with Crippen LogP contribution in [0.2, 0.25) is 0 Å². The van der Waals surface area contributed by atoms with E-state index in [1.54, 1.807) is 49.5 Å². The molecule has 0 aliphatic carbocycles. The summed E-state index contributed by atoms with van der Waals surface area (Å²) in [4.78, 5) is 24.8. The molecule has 35 heavy (non-hydrogen) atoms. The first-order valence-corrected chi connectivity index (χ1v) is 12.7. The van der Waals surface area contributed by atoms with Crippen molar-refractivity contribution in [1.29, 1.82) is 0 Å². The molecule has 0 saturated carbocycles. The number of carbonyl (C=O) groups excluding carboxylic acids is 1. The number of amides is 1. The minimum absolute atomic E-state index is 0.00696. The van der Waals surface area contributed by atoms with Gasteiger partial charge in [0.1, 0.15) is 18.0 Å². The van der Waals surface area contributed by atoms with E-state index in [4.69, 9.17) is 9.47 Å².